The summed E-state index contributed by atoms with van der Waals surface area (Å²) in [7, 11) is 0. The summed E-state index contributed by atoms with van der Waals surface area (Å²) in [5.41, 5.74) is 3.26. The number of rotatable bonds is 5. The molecule has 0 atom stereocenters. The maximum Gasteiger partial charge on any atom is 0.231 e. The van der Waals surface area contributed by atoms with Crippen LogP contribution < -0.4 is 10.2 Å². The van der Waals surface area contributed by atoms with Crippen molar-refractivity contribution in [3.63, 3.8) is 0 Å². The van der Waals surface area contributed by atoms with E-state index in [9.17, 15) is 18.8 Å². The second kappa shape index (κ2) is 8.71. The van der Waals surface area contributed by atoms with E-state index < -0.39 is 24.0 Å². The van der Waals surface area contributed by atoms with Gasteiger partial charge in [0.25, 0.3) is 0 Å². The van der Waals surface area contributed by atoms with Crippen LogP contribution in [-0.4, -0.2) is 32.6 Å². The van der Waals surface area contributed by atoms with E-state index >= 15 is 0 Å². The standard InChI is InChI=1S/C24H17F2N7O/c25-19-2-1-3-20(26)18(19)10-22(34)33-7-5-14-8-15(9-16(11-27)23(14)33)21-4-6-28-24(32-21)31-17-12-29-30-13-17/h1-4,6,8-9,12-13H,5,7,10H2,(H,29,30)(H,28,31,32). The van der Waals surface area contributed by atoms with E-state index in [1.54, 1.807) is 30.7 Å². The van der Waals surface area contributed by atoms with Gasteiger partial charge in [0, 0.05) is 30.1 Å². The normalized spacial score (nSPS) is 12.3. The Morgan fingerprint density at radius 2 is 2.06 bits per heavy atom. The number of H-pyrrole nitrogens is 1. The zero-order chi connectivity index (χ0) is 23.7. The van der Waals surface area contributed by atoms with Crippen LogP contribution in [0.3, 0.4) is 0 Å². The van der Waals surface area contributed by atoms with Gasteiger partial charge in [-0.25, -0.2) is 18.7 Å². The molecule has 0 aliphatic carbocycles. The summed E-state index contributed by atoms with van der Waals surface area (Å²) in [5.74, 6) is -1.65. The lowest BCUT2D eigenvalue weighted by atomic mass is 10.0. The predicted octanol–water partition coefficient (Wildman–Crippen LogP) is 3.89. The monoisotopic (exact) mass is 457 g/mol. The molecule has 0 bridgehead atoms. The highest BCUT2D eigenvalue weighted by atomic mass is 19.1. The Balaban J connectivity index is 1.45. The van der Waals surface area contributed by atoms with Crippen LogP contribution >= 0.6 is 0 Å². The number of nitrogens with one attached hydrogen (secondary N) is 2. The number of nitrogens with zero attached hydrogens (tertiary/aromatic N) is 5. The molecule has 8 nitrogen and oxygen atoms in total. The first-order valence-corrected chi connectivity index (χ1v) is 10.4. The fraction of sp³-hybridized carbons (Fsp3) is 0.125. The Hall–Kier alpha value is -4.65. The van der Waals surface area contributed by atoms with Crippen molar-refractivity contribution in [2.75, 3.05) is 16.8 Å². The number of hydrogen-bond donors (Lipinski definition) is 2. The number of carbonyl (C=O) groups is 1. The van der Waals surface area contributed by atoms with Crippen LogP contribution in [0, 0.1) is 23.0 Å². The highest BCUT2D eigenvalue weighted by Crippen LogP contribution is 2.36. The molecule has 0 unspecified atom stereocenters. The third-order valence-electron chi connectivity index (χ3n) is 5.58. The van der Waals surface area contributed by atoms with Crippen molar-refractivity contribution in [1.29, 1.82) is 5.26 Å². The summed E-state index contributed by atoms with van der Waals surface area (Å²) >= 11 is 0. The van der Waals surface area contributed by atoms with E-state index in [4.69, 9.17) is 0 Å². The first-order valence-electron chi connectivity index (χ1n) is 10.4. The van der Waals surface area contributed by atoms with E-state index in [0.29, 0.717) is 41.5 Å². The van der Waals surface area contributed by atoms with Crippen molar-refractivity contribution in [3.05, 3.63) is 83.3 Å². The fourth-order valence-electron chi connectivity index (χ4n) is 4.01. The molecule has 3 heterocycles. The lowest BCUT2D eigenvalue weighted by Gasteiger charge is -2.19. The van der Waals surface area contributed by atoms with Crippen LogP contribution in [0.2, 0.25) is 0 Å². The smallest absolute Gasteiger partial charge is 0.231 e. The minimum absolute atomic E-state index is 0.283. The summed E-state index contributed by atoms with van der Waals surface area (Å²) in [6.45, 7) is 0.319. The quantitative estimate of drug-likeness (QED) is 0.470. The number of benzene rings is 2. The van der Waals surface area contributed by atoms with Gasteiger partial charge in [0.1, 0.15) is 17.7 Å². The molecule has 10 heteroatoms. The molecule has 0 saturated carbocycles. The molecular weight excluding hydrogens is 440 g/mol. The van der Waals surface area contributed by atoms with E-state index in [1.165, 1.54) is 11.0 Å². The molecule has 1 aliphatic heterocycles. The van der Waals surface area contributed by atoms with Gasteiger partial charge in [-0.1, -0.05) is 6.07 Å². The second-order valence-electron chi connectivity index (χ2n) is 7.69. The van der Waals surface area contributed by atoms with Crippen molar-refractivity contribution >= 4 is 23.2 Å². The Morgan fingerprint density at radius 1 is 1.24 bits per heavy atom. The number of hydrogen-bond acceptors (Lipinski definition) is 6. The number of anilines is 3. The second-order valence-corrected chi connectivity index (χ2v) is 7.69. The number of carbonyl (C=O) groups excluding carboxylic acids is 1. The topological polar surface area (TPSA) is 111 Å². The largest absolute Gasteiger partial charge is 0.321 e. The first kappa shape index (κ1) is 21.2. The molecule has 2 N–H and O–H groups in total. The Kier molecular flexibility index (Phi) is 5.43. The molecule has 4 aromatic rings. The van der Waals surface area contributed by atoms with Crippen LogP contribution in [0.5, 0.6) is 0 Å². The van der Waals surface area contributed by atoms with Crippen LogP contribution in [0.15, 0.2) is 55.0 Å². The highest BCUT2D eigenvalue weighted by Gasteiger charge is 2.29. The van der Waals surface area contributed by atoms with Gasteiger partial charge >= 0.3 is 0 Å². The van der Waals surface area contributed by atoms with Gasteiger partial charge in [0.15, 0.2) is 0 Å². The average Bonchev–Trinajstić information content (AvgIpc) is 3.51. The maximum atomic E-state index is 14.0. The molecule has 2 aromatic carbocycles. The number of halogens is 2. The number of amides is 1. The molecule has 0 saturated heterocycles. The third-order valence-corrected chi connectivity index (χ3v) is 5.58. The zero-order valence-electron chi connectivity index (χ0n) is 17.7. The van der Waals surface area contributed by atoms with Gasteiger partial charge in [0.05, 0.1) is 35.2 Å². The lowest BCUT2D eigenvalue weighted by molar-refractivity contribution is -0.118. The van der Waals surface area contributed by atoms with Crippen LogP contribution in [0.1, 0.15) is 16.7 Å². The van der Waals surface area contributed by atoms with Crippen molar-refractivity contribution in [3.8, 4) is 17.3 Å². The molecular formula is C24H17F2N7O. The lowest BCUT2D eigenvalue weighted by Crippen LogP contribution is -2.31. The zero-order valence-corrected chi connectivity index (χ0v) is 17.7. The van der Waals surface area contributed by atoms with Crippen LogP contribution in [-0.2, 0) is 17.6 Å². The molecule has 34 heavy (non-hydrogen) atoms. The summed E-state index contributed by atoms with van der Waals surface area (Å²) in [4.78, 5) is 23.1. The molecule has 0 radical (unpaired) electrons. The highest BCUT2D eigenvalue weighted by molar-refractivity contribution is 5.98. The summed E-state index contributed by atoms with van der Waals surface area (Å²) in [6, 6.07) is 10.9. The van der Waals surface area contributed by atoms with E-state index in [1.807, 2.05) is 6.07 Å². The number of fused-ring (bicyclic) bond motifs is 1. The van der Waals surface area contributed by atoms with Gasteiger partial charge in [-0.3, -0.25) is 9.89 Å². The van der Waals surface area contributed by atoms with Crippen molar-refractivity contribution in [1.82, 2.24) is 20.2 Å². The number of aromatic nitrogens is 4. The number of nitriles is 1. The Bertz CT molecular complexity index is 1410. The molecule has 1 aliphatic rings. The van der Waals surface area contributed by atoms with Crippen LogP contribution in [0.25, 0.3) is 11.3 Å². The van der Waals surface area contributed by atoms with Crippen molar-refractivity contribution in [2.24, 2.45) is 0 Å². The third kappa shape index (κ3) is 3.95. The van der Waals surface area contributed by atoms with E-state index in [-0.39, 0.29) is 11.1 Å². The molecule has 0 fully saturated rings. The molecule has 5 rings (SSSR count). The van der Waals surface area contributed by atoms with Gasteiger partial charge in [-0.05, 0) is 42.3 Å². The fourth-order valence-corrected chi connectivity index (χ4v) is 4.01. The number of aromatic amines is 1. The SMILES string of the molecule is N#Cc1cc(-c2ccnc(Nc3cn[nH]c3)n2)cc2c1N(C(=O)Cc1c(F)cccc1F)CC2. The predicted molar refractivity (Wildman–Crippen MR) is 120 cm³/mol. The van der Waals surface area contributed by atoms with Crippen LogP contribution in [0.4, 0.5) is 26.1 Å². The molecule has 2 aromatic heterocycles. The van der Waals surface area contributed by atoms with Crippen molar-refractivity contribution in [2.45, 2.75) is 12.8 Å². The summed E-state index contributed by atoms with van der Waals surface area (Å²) < 4.78 is 28.1. The summed E-state index contributed by atoms with van der Waals surface area (Å²) in [6.07, 6.45) is 4.94. The maximum absolute atomic E-state index is 14.0. The van der Waals surface area contributed by atoms with E-state index in [2.05, 4.69) is 31.6 Å². The van der Waals surface area contributed by atoms with Gasteiger partial charge in [0.2, 0.25) is 11.9 Å². The molecule has 168 valence electrons. The minimum atomic E-state index is -0.771. The molecule has 0 spiro atoms. The van der Waals surface area contributed by atoms with Gasteiger partial charge in [-0.15, -0.1) is 0 Å². The first-order chi connectivity index (χ1) is 16.5. The van der Waals surface area contributed by atoms with Gasteiger partial charge < -0.3 is 10.2 Å². The molecule has 1 amide bonds. The average molecular weight is 457 g/mol. The van der Waals surface area contributed by atoms with E-state index in [0.717, 1.165) is 17.7 Å². The summed E-state index contributed by atoms with van der Waals surface area (Å²) in [5, 5.41) is 19.4. The Morgan fingerprint density at radius 3 is 2.79 bits per heavy atom. The van der Waals surface area contributed by atoms with Crippen molar-refractivity contribution < 1.29 is 13.6 Å². The Labute approximate surface area is 192 Å². The minimum Gasteiger partial charge on any atom is -0.321 e. The van der Waals surface area contributed by atoms with Gasteiger partial charge in [-0.2, -0.15) is 10.4 Å².